The summed E-state index contributed by atoms with van der Waals surface area (Å²) >= 11 is 7.74. The number of rotatable bonds is 8. The van der Waals surface area contributed by atoms with Gasteiger partial charge in [-0.3, -0.25) is 9.36 Å². The predicted molar refractivity (Wildman–Crippen MR) is 117 cm³/mol. The van der Waals surface area contributed by atoms with E-state index in [9.17, 15) is 4.79 Å². The molecule has 0 saturated heterocycles. The number of carbonyl (C=O) groups is 1. The van der Waals surface area contributed by atoms with Crippen molar-refractivity contribution in [3.8, 4) is 22.8 Å². The van der Waals surface area contributed by atoms with Crippen LogP contribution in [0.3, 0.4) is 0 Å². The molecule has 0 bridgehead atoms. The molecule has 1 heterocycles. The zero-order valence-electron chi connectivity index (χ0n) is 16.6. The Labute approximate surface area is 179 Å². The molecule has 8 heteroatoms. The molecule has 2 aromatic carbocycles. The van der Waals surface area contributed by atoms with Gasteiger partial charge in [-0.1, -0.05) is 35.5 Å². The molecule has 0 saturated carbocycles. The Bertz CT molecular complexity index is 973. The third-order valence-corrected chi connectivity index (χ3v) is 5.19. The third kappa shape index (κ3) is 5.31. The van der Waals surface area contributed by atoms with E-state index in [1.54, 1.807) is 0 Å². The van der Waals surface area contributed by atoms with Gasteiger partial charge in [0, 0.05) is 17.3 Å². The van der Waals surface area contributed by atoms with E-state index in [-0.39, 0.29) is 17.7 Å². The van der Waals surface area contributed by atoms with Crippen LogP contribution in [0.2, 0.25) is 5.02 Å². The molecule has 3 rings (SSSR count). The zero-order chi connectivity index (χ0) is 20.8. The molecular formula is C21H23ClN4O2S. The van der Waals surface area contributed by atoms with E-state index < -0.39 is 0 Å². The topological polar surface area (TPSA) is 69.0 Å². The summed E-state index contributed by atoms with van der Waals surface area (Å²) in [7, 11) is 0. The smallest absolute Gasteiger partial charge is 0.230 e. The quantitative estimate of drug-likeness (QED) is 0.529. The van der Waals surface area contributed by atoms with Gasteiger partial charge in [-0.2, -0.15) is 0 Å². The molecule has 0 fully saturated rings. The number of aromatic nitrogens is 3. The van der Waals surface area contributed by atoms with Crippen molar-refractivity contribution in [3.05, 3.63) is 53.6 Å². The van der Waals surface area contributed by atoms with Gasteiger partial charge in [0.1, 0.15) is 5.75 Å². The maximum Gasteiger partial charge on any atom is 0.230 e. The first-order valence-corrected chi connectivity index (χ1v) is 10.7. The number of nitrogens with one attached hydrogen (secondary N) is 1. The summed E-state index contributed by atoms with van der Waals surface area (Å²) in [6.45, 7) is 6.41. The summed E-state index contributed by atoms with van der Waals surface area (Å²) in [6, 6.07) is 15.3. The van der Waals surface area contributed by atoms with Crippen molar-refractivity contribution in [2.24, 2.45) is 0 Å². The first kappa shape index (κ1) is 21.2. The predicted octanol–water partition coefficient (Wildman–Crippen LogP) is 4.60. The molecule has 3 aromatic rings. The third-order valence-electron chi connectivity index (χ3n) is 3.94. The number of thioether (sulfide) groups is 1. The lowest BCUT2D eigenvalue weighted by Gasteiger charge is -2.12. The summed E-state index contributed by atoms with van der Waals surface area (Å²) in [5.74, 6) is 1.60. The Morgan fingerprint density at radius 3 is 2.55 bits per heavy atom. The SMILES string of the molecule is CCOc1ccc(-n2c(SCC(=O)NC(C)C)nnc2-c2ccccc2Cl)cc1. The average Bonchev–Trinajstić information content (AvgIpc) is 3.11. The molecule has 29 heavy (non-hydrogen) atoms. The number of carbonyl (C=O) groups excluding carboxylic acids is 1. The van der Waals surface area contributed by atoms with E-state index in [0.717, 1.165) is 17.0 Å². The zero-order valence-corrected chi connectivity index (χ0v) is 18.1. The standard InChI is InChI=1S/C21H23ClN4O2S/c1-4-28-16-11-9-15(10-12-16)26-20(17-7-5-6-8-18(17)22)24-25-21(26)29-13-19(27)23-14(2)3/h5-12,14H,4,13H2,1-3H3,(H,23,27). The number of nitrogens with zero attached hydrogens (tertiary/aromatic N) is 3. The van der Waals surface area contributed by atoms with Crippen molar-refractivity contribution >= 4 is 29.3 Å². The van der Waals surface area contributed by atoms with Crippen LogP contribution >= 0.6 is 23.4 Å². The van der Waals surface area contributed by atoms with E-state index in [4.69, 9.17) is 16.3 Å². The lowest BCUT2D eigenvalue weighted by atomic mass is 10.2. The molecule has 0 atom stereocenters. The van der Waals surface area contributed by atoms with E-state index in [1.807, 2.05) is 73.9 Å². The second-order valence-electron chi connectivity index (χ2n) is 6.56. The van der Waals surface area contributed by atoms with Gasteiger partial charge in [-0.15, -0.1) is 10.2 Å². The lowest BCUT2D eigenvalue weighted by Crippen LogP contribution is -2.31. The van der Waals surface area contributed by atoms with Gasteiger partial charge in [0.05, 0.1) is 17.4 Å². The summed E-state index contributed by atoms with van der Waals surface area (Å²) < 4.78 is 7.45. The van der Waals surface area contributed by atoms with Crippen LogP contribution < -0.4 is 10.1 Å². The lowest BCUT2D eigenvalue weighted by molar-refractivity contribution is -0.119. The van der Waals surface area contributed by atoms with Crippen LogP contribution in [0.15, 0.2) is 53.7 Å². The van der Waals surface area contributed by atoms with Crippen molar-refractivity contribution in [1.82, 2.24) is 20.1 Å². The van der Waals surface area contributed by atoms with E-state index in [2.05, 4.69) is 15.5 Å². The van der Waals surface area contributed by atoms with Gasteiger partial charge in [0.25, 0.3) is 0 Å². The summed E-state index contributed by atoms with van der Waals surface area (Å²) in [6.07, 6.45) is 0. The molecule has 1 N–H and O–H groups in total. The molecule has 0 spiro atoms. The second-order valence-corrected chi connectivity index (χ2v) is 7.91. The highest BCUT2D eigenvalue weighted by atomic mass is 35.5. The van der Waals surface area contributed by atoms with Crippen molar-refractivity contribution < 1.29 is 9.53 Å². The fourth-order valence-corrected chi connectivity index (χ4v) is 3.75. The number of ether oxygens (including phenoxy) is 1. The average molecular weight is 431 g/mol. The second kappa shape index (κ2) is 9.80. The Hall–Kier alpha value is -2.51. The van der Waals surface area contributed by atoms with Gasteiger partial charge < -0.3 is 10.1 Å². The Kier molecular flexibility index (Phi) is 7.17. The van der Waals surface area contributed by atoms with Crippen LogP contribution in [0, 0.1) is 0 Å². The Morgan fingerprint density at radius 2 is 1.90 bits per heavy atom. The largest absolute Gasteiger partial charge is 0.494 e. The molecule has 6 nitrogen and oxygen atoms in total. The maximum absolute atomic E-state index is 12.1. The minimum Gasteiger partial charge on any atom is -0.494 e. The Balaban J connectivity index is 1.98. The van der Waals surface area contributed by atoms with Gasteiger partial charge in [-0.25, -0.2) is 0 Å². The van der Waals surface area contributed by atoms with Crippen LogP contribution in [0.1, 0.15) is 20.8 Å². The summed E-state index contributed by atoms with van der Waals surface area (Å²) in [5.41, 5.74) is 1.63. The molecule has 1 amide bonds. The van der Waals surface area contributed by atoms with Gasteiger partial charge in [0.15, 0.2) is 11.0 Å². The Morgan fingerprint density at radius 1 is 1.17 bits per heavy atom. The van der Waals surface area contributed by atoms with Crippen LogP contribution in [0.25, 0.3) is 17.1 Å². The van der Waals surface area contributed by atoms with Gasteiger partial charge >= 0.3 is 0 Å². The summed E-state index contributed by atoms with van der Waals surface area (Å²) in [4.78, 5) is 12.1. The van der Waals surface area contributed by atoms with E-state index in [0.29, 0.717) is 22.6 Å². The minimum atomic E-state index is -0.0504. The normalized spacial score (nSPS) is 10.9. The van der Waals surface area contributed by atoms with Crippen LogP contribution in [-0.4, -0.2) is 39.1 Å². The molecule has 0 aliphatic rings. The van der Waals surface area contributed by atoms with Crippen molar-refractivity contribution in [1.29, 1.82) is 0 Å². The number of amides is 1. The van der Waals surface area contributed by atoms with Crippen molar-refractivity contribution in [2.75, 3.05) is 12.4 Å². The molecule has 0 radical (unpaired) electrons. The highest BCUT2D eigenvalue weighted by Crippen LogP contribution is 2.32. The fraction of sp³-hybridized carbons (Fsp3) is 0.286. The maximum atomic E-state index is 12.1. The number of hydrogen-bond donors (Lipinski definition) is 1. The summed E-state index contributed by atoms with van der Waals surface area (Å²) in [5, 5.41) is 12.8. The van der Waals surface area contributed by atoms with Crippen molar-refractivity contribution in [2.45, 2.75) is 32.0 Å². The minimum absolute atomic E-state index is 0.0504. The number of hydrogen-bond acceptors (Lipinski definition) is 5. The molecule has 0 aliphatic heterocycles. The highest BCUT2D eigenvalue weighted by Gasteiger charge is 2.19. The first-order chi connectivity index (χ1) is 14.0. The van der Waals surface area contributed by atoms with Crippen LogP contribution in [0.5, 0.6) is 5.75 Å². The van der Waals surface area contributed by atoms with Crippen LogP contribution in [0.4, 0.5) is 0 Å². The van der Waals surface area contributed by atoms with E-state index >= 15 is 0 Å². The highest BCUT2D eigenvalue weighted by molar-refractivity contribution is 7.99. The van der Waals surface area contributed by atoms with Crippen LogP contribution in [-0.2, 0) is 4.79 Å². The van der Waals surface area contributed by atoms with E-state index in [1.165, 1.54) is 11.8 Å². The fourth-order valence-electron chi connectivity index (χ4n) is 2.77. The number of halogens is 1. The molecule has 0 unspecified atom stereocenters. The molecule has 0 aliphatic carbocycles. The van der Waals surface area contributed by atoms with Gasteiger partial charge in [0.2, 0.25) is 5.91 Å². The molecule has 152 valence electrons. The monoisotopic (exact) mass is 430 g/mol. The molecule has 1 aromatic heterocycles. The van der Waals surface area contributed by atoms with Gasteiger partial charge in [-0.05, 0) is 57.2 Å². The first-order valence-electron chi connectivity index (χ1n) is 9.35. The molecular weight excluding hydrogens is 408 g/mol. The number of benzene rings is 2. The van der Waals surface area contributed by atoms with Crippen molar-refractivity contribution in [3.63, 3.8) is 0 Å².